The lowest BCUT2D eigenvalue weighted by molar-refractivity contribution is 1.45. The van der Waals surface area contributed by atoms with Crippen LogP contribution in [0.25, 0.3) is 21.2 Å². The van der Waals surface area contributed by atoms with Crippen LogP contribution in [0.3, 0.4) is 0 Å². The molecule has 0 atom stereocenters. The molecule has 3 aromatic rings. The Morgan fingerprint density at radius 2 is 1.82 bits per heavy atom. The quantitative estimate of drug-likeness (QED) is 0.694. The Labute approximate surface area is 103 Å². The third-order valence-corrected chi connectivity index (χ3v) is 3.72. The van der Waals surface area contributed by atoms with Crippen molar-refractivity contribution >= 4 is 21.6 Å². The first-order valence-corrected chi connectivity index (χ1v) is 6.24. The van der Waals surface area contributed by atoms with Crippen LogP contribution in [0.15, 0.2) is 47.3 Å². The van der Waals surface area contributed by atoms with Crippen molar-refractivity contribution in [2.45, 2.75) is 6.92 Å². The van der Waals surface area contributed by atoms with Gasteiger partial charge < -0.3 is 0 Å². The summed E-state index contributed by atoms with van der Waals surface area (Å²) in [5, 5.41) is 0.793. The molecular formula is C14H11NOS. The minimum absolute atomic E-state index is 0.00109. The van der Waals surface area contributed by atoms with Gasteiger partial charge >= 0.3 is 0 Å². The van der Waals surface area contributed by atoms with E-state index in [0.717, 1.165) is 21.2 Å². The number of rotatable bonds is 1. The minimum atomic E-state index is 0.00109. The molecular weight excluding hydrogens is 230 g/mol. The number of nitrogens with one attached hydrogen (secondary N) is 1. The predicted octanol–water partition coefficient (Wildman–Crippen LogP) is 3.57. The fraction of sp³-hybridized carbons (Fsp3) is 0.0714. The molecule has 0 spiro atoms. The van der Waals surface area contributed by atoms with Gasteiger partial charge in [-0.3, -0.25) is 9.17 Å². The zero-order valence-corrected chi connectivity index (χ0v) is 10.2. The predicted molar refractivity (Wildman–Crippen MR) is 72.6 cm³/mol. The topological polar surface area (TPSA) is 32.9 Å². The summed E-state index contributed by atoms with van der Waals surface area (Å²) in [6, 6.07) is 14.2. The van der Waals surface area contributed by atoms with Gasteiger partial charge in [-0.25, -0.2) is 0 Å². The third-order valence-electron chi connectivity index (χ3n) is 2.87. The highest BCUT2D eigenvalue weighted by molar-refractivity contribution is 7.13. The first-order valence-electron chi connectivity index (χ1n) is 5.43. The lowest BCUT2D eigenvalue weighted by Crippen LogP contribution is -1.98. The lowest BCUT2D eigenvalue weighted by Gasteiger charge is -2.03. The van der Waals surface area contributed by atoms with E-state index in [-0.39, 0.29) is 5.56 Å². The summed E-state index contributed by atoms with van der Waals surface area (Å²) >= 11 is 1.39. The van der Waals surface area contributed by atoms with Gasteiger partial charge in [-0.05, 0) is 24.1 Å². The third kappa shape index (κ3) is 1.68. The average Bonchev–Trinajstić information content (AvgIpc) is 2.73. The second kappa shape index (κ2) is 3.86. The van der Waals surface area contributed by atoms with E-state index < -0.39 is 0 Å². The maximum absolute atomic E-state index is 11.8. The normalized spacial score (nSPS) is 10.9. The minimum Gasteiger partial charge on any atom is -0.277 e. The molecule has 2 nitrogen and oxygen atoms in total. The fourth-order valence-corrected chi connectivity index (χ4v) is 2.73. The molecule has 0 amide bonds. The largest absolute Gasteiger partial charge is 0.277 e. The molecule has 1 aromatic heterocycles. The van der Waals surface area contributed by atoms with Crippen LogP contribution in [-0.2, 0) is 0 Å². The smallest absolute Gasteiger partial charge is 0.266 e. The molecule has 0 aliphatic heterocycles. The molecule has 0 saturated heterocycles. The van der Waals surface area contributed by atoms with E-state index in [2.05, 4.69) is 35.6 Å². The van der Waals surface area contributed by atoms with Crippen LogP contribution in [0.4, 0.5) is 0 Å². The van der Waals surface area contributed by atoms with E-state index >= 15 is 0 Å². The molecule has 2 aromatic carbocycles. The SMILES string of the molecule is Cc1ccc(-c2cccc3s[nH]c(=O)c23)cc1. The molecule has 0 fully saturated rings. The van der Waals surface area contributed by atoms with Crippen molar-refractivity contribution in [2.75, 3.05) is 0 Å². The van der Waals surface area contributed by atoms with Gasteiger partial charge in [-0.15, -0.1) is 0 Å². The van der Waals surface area contributed by atoms with Gasteiger partial charge in [0.05, 0.1) is 10.1 Å². The van der Waals surface area contributed by atoms with Crippen LogP contribution in [-0.4, -0.2) is 4.37 Å². The molecule has 1 heterocycles. The van der Waals surface area contributed by atoms with Crippen molar-refractivity contribution in [3.63, 3.8) is 0 Å². The van der Waals surface area contributed by atoms with Crippen LogP contribution >= 0.6 is 11.5 Å². The highest BCUT2D eigenvalue weighted by Gasteiger charge is 2.08. The average molecular weight is 241 g/mol. The zero-order chi connectivity index (χ0) is 11.8. The Balaban J connectivity index is 2.33. The summed E-state index contributed by atoms with van der Waals surface area (Å²) < 4.78 is 3.79. The summed E-state index contributed by atoms with van der Waals surface area (Å²) in [6.45, 7) is 2.06. The summed E-state index contributed by atoms with van der Waals surface area (Å²) in [5.74, 6) is 0. The number of aryl methyl sites for hydroxylation is 1. The van der Waals surface area contributed by atoms with E-state index in [0.29, 0.717) is 0 Å². The molecule has 17 heavy (non-hydrogen) atoms. The van der Waals surface area contributed by atoms with Crippen molar-refractivity contribution in [3.8, 4) is 11.1 Å². The molecule has 0 bridgehead atoms. The highest BCUT2D eigenvalue weighted by Crippen LogP contribution is 2.27. The van der Waals surface area contributed by atoms with Crippen LogP contribution in [0.2, 0.25) is 0 Å². The van der Waals surface area contributed by atoms with Crippen LogP contribution < -0.4 is 5.56 Å². The first-order chi connectivity index (χ1) is 8.25. The molecule has 0 saturated carbocycles. The Hall–Kier alpha value is -1.87. The number of aromatic nitrogens is 1. The Bertz CT molecular complexity index is 722. The zero-order valence-electron chi connectivity index (χ0n) is 9.36. The summed E-state index contributed by atoms with van der Waals surface area (Å²) in [6.07, 6.45) is 0. The number of hydrogen-bond donors (Lipinski definition) is 1. The molecule has 3 heteroatoms. The standard InChI is InChI=1S/C14H11NOS/c1-9-5-7-10(8-6-9)11-3-2-4-12-13(11)14(16)15-17-12/h2-8H,1H3,(H,15,16). The van der Waals surface area contributed by atoms with E-state index in [1.807, 2.05) is 18.2 Å². The molecule has 0 radical (unpaired) electrons. The van der Waals surface area contributed by atoms with E-state index in [4.69, 9.17) is 0 Å². The van der Waals surface area contributed by atoms with Crippen LogP contribution in [0, 0.1) is 6.92 Å². The second-order valence-corrected chi connectivity index (χ2v) is 4.93. The van der Waals surface area contributed by atoms with E-state index in [1.54, 1.807) is 0 Å². The number of aromatic amines is 1. The van der Waals surface area contributed by atoms with Crippen LogP contribution in [0.1, 0.15) is 5.56 Å². The number of H-pyrrole nitrogens is 1. The summed E-state index contributed by atoms with van der Waals surface area (Å²) in [5.41, 5.74) is 3.32. The maximum atomic E-state index is 11.8. The number of benzene rings is 2. The number of fused-ring (bicyclic) bond motifs is 1. The second-order valence-electron chi connectivity index (χ2n) is 4.08. The molecule has 84 valence electrons. The maximum Gasteiger partial charge on any atom is 0.266 e. The van der Waals surface area contributed by atoms with Gasteiger partial charge in [0.1, 0.15) is 0 Å². The van der Waals surface area contributed by atoms with Crippen LogP contribution in [0.5, 0.6) is 0 Å². The lowest BCUT2D eigenvalue weighted by atomic mass is 10.0. The van der Waals surface area contributed by atoms with Crippen molar-refractivity contribution in [1.82, 2.24) is 4.37 Å². The van der Waals surface area contributed by atoms with E-state index in [1.165, 1.54) is 17.1 Å². The van der Waals surface area contributed by atoms with E-state index in [9.17, 15) is 4.79 Å². The Morgan fingerprint density at radius 3 is 2.59 bits per heavy atom. The first kappa shape index (κ1) is 10.3. The monoisotopic (exact) mass is 241 g/mol. The summed E-state index contributed by atoms with van der Waals surface area (Å²) in [4.78, 5) is 11.8. The highest BCUT2D eigenvalue weighted by atomic mass is 32.1. The van der Waals surface area contributed by atoms with Crippen molar-refractivity contribution in [1.29, 1.82) is 0 Å². The number of hydrogen-bond acceptors (Lipinski definition) is 2. The Kier molecular flexibility index (Phi) is 2.34. The van der Waals surface area contributed by atoms with Gasteiger partial charge in [0, 0.05) is 0 Å². The molecule has 0 unspecified atom stereocenters. The van der Waals surface area contributed by atoms with Crippen molar-refractivity contribution in [3.05, 3.63) is 58.4 Å². The molecule has 0 aliphatic rings. The van der Waals surface area contributed by atoms with Crippen molar-refractivity contribution < 1.29 is 0 Å². The fourth-order valence-electron chi connectivity index (χ4n) is 1.98. The van der Waals surface area contributed by atoms with Gasteiger partial charge in [0.25, 0.3) is 5.56 Å². The summed E-state index contributed by atoms with van der Waals surface area (Å²) in [7, 11) is 0. The molecule has 0 aliphatic carbocycles. The molecule has 3 rings (SSSR count). The van der Waals surface area contributed by atoms with Gasteiger partial charge in [-0.1, -0.05) is 53.5 Å². The van der Waals surface area contributed by atoms with Gasteiger partial charge in [-0.2, -0.15) is 0 Å². The van der Waals surface area contributed by atoms with Crippen molar-refractivity contribution in [2.24, 2.45) is 0 Å². The molecule has 1 N–H and O–H groups in total. The van der Waals surface area contributed by atoms with Gasteiger partial charge in [0.15, 0.2) is 0 Å². The Morgan fingerprint density at radius 1 is 1.06 bits per heavy atom. The van der Waals surface area contributed by atoms with Gasteiger partial charge in [0.2, 0.25) is 0 Å².